The molecule has 3 amide bonds. The second kappa shape index (κ2) is 13.4. The van der Waals surface area contributed by atoms with Crippen LogP contribution in [0.4, 0.5) is 16.2 Å². The molecule has 4 N–H and O–H groups in total. The van der Waals surface area contributed by atoms with Gasteiger partial charge in [-0.25, -0.2) is 17.5 Å². The number of sulfonamides is 1. The van der Waals surface area contributed by atoms with E-state index in [1.54, 1.807) is 41.3 Å². The minimum absolute atomic E-state index is 0.115. The van der Waals surface area contributed by atoms with Gasteiger partial charge in [-0.05, 0) is 88.3 Å². The van der Waals surface area contributed by atoms with E-state index in [0.29, 0.717) is 59.5 Å². The normalized spacial score (nSPS) is 16.4. The van der Waals surface area contributed by atoms with Crippen LogP contribution in [0.3, 0.4) is 0 Å². The van der Waals surface area contributed by atoms with Crippen LogP contribution >= 0.6 is 23.2 Å². The van der Waals surface area contributed by atoms with E-state index >= 15 is 0 Å². The van der Waals surface area contributed by atoms with Crippen LogP contribution in [0.2, 0.25) is 10.0 Å². The van der Waals surface area contributed by atoms with Gasteiger partial charge >= 0.3 is 6.03 Å². The van der Waals surface area contributed by atoms with Crippen molar-refractivity contribution in [2.75, 3.05) is 35.8 Å². The van der Waals surface area contributed by atoms with Crippen molar-refractivity contribution in [2.24, 2.45) is 5.73 Å². The Bertz CT molecular complexity index is 1550. The molecule has 4 rings (SSSR count). The van der Waals surface area contributed by atoms with Gasteiger partial charge in [0.1, 0.15) is 0 Å². The second-order valence-electron chi connectivity index (χ2n) is 9.87. The van der Waals surface area contributed by atoms with Crippen LogP contribution in [-0.4, -0.2) is 51.4 Å². The van der Waals surface area contributed by atoms with Crippen LogP contribution in [0.5, 0.6) is 0 Å². The summed E-state index contributed by atoms with van der Waals surface area (Å²) in [4.78, 5) is 28.5. The third kappa shape index (κ3) is 6.00. The van der Waals surface area contributed by atoms with Crippen molar-refractivity contribution in [2.45, 2.75) is 43.5 Å². The third-order valence-electron chi connectivity index (χ3n) is 7.33. The van der Waals surface area contributed by atoms with Crippen molar-refractivity contribution >= 4 is 56.5 Å². The van der Waals surface area contributed by atoms with Gasteiger partial charge in [0.25, 0.3) is 15.9 Å². The molecule has 0 saturated heterocycles. The Balaban J connectivity index is 1.78. The number of carbonyl (C=O) groups is 2. The Kier molecular flexibility index (Phi) is 10.2. The maximum atomic E-state index is 14.5. The maximum Gasteiger partial charge on any atom is 0.321 e. The monoisotopic (exact) mass is 631 g/mol. The smallest absolute Gasteiger partial charge is 0.321 e. The van der Waals surface area contributed by atoms with Gasteiger partial charge in [0.15, 0.2) is 5.54 Å². The zero-order valence-electron chi connectivity index (χ0n) is 23.6. The molecule has 0 radical (unpaired) electrons. The van der Waals surface area contributed by atoms with Crippen molar-refractivity contribution in [1.29, 1.82) is 0 Å². The number of nitrogens with zero attached hydrogens (tertiary/aromatic N) is 2. The van der Waals surface area contributed by atoms with Gasteiger partial charge in [0.05, 0.1) is 10.6 Å². The molecule has 9 nitrogen and oxygen atoms in total. The lowest BCUT2D eigenvalue weighted by atomic mass is 9.83. The number of rotatable bonds is 12. The molecule has 1 atom stereocenters. The fraction of sp³-hybridized carbons (Fsp3) is 0.333. The molecule has 224 valence electrons. The van der Waals surface area contributed by atoms with E-state index < -0.39 is 21.5 Å². The molecule has 0 saturated carbocycles. The molecule has 3 aromatic carbocycles. The summed E-state index contributed by atoms with van der Waals surface area (Å²) in [7, 11) is -4.40. The number of hydrogen-bond acceptors (Lipinski definition) is 6. The number of carbonyl (C=O) groups excluding carboxylic acids is 2. The predicted molar refractivity (Wildman–Crippen MR) is 168 cm³/mol. The van der Waals surface area contributed by atoms with Gasteiger partial charge in [0, 0.05) is 39.9 Å². The summed E-state index contributed by atoms with van der Waals surface area (Å²) < 4.78 is 29.1. The lowest BCUT2D eigenvalue weighted by molar-refractivity contribution is -0.121. The molecular weight excluding hydrogens is 597 g/mol. The minimum atomic E-state index is -4.40. The van der Waals surface area contributed by atoms with Gasteiger partial charge < -0.3 is 16.0 Å². The van der Waals surface area contributed by atoms with Gasteiger partial charge in [-0.2, -0.15) is 0 Å². The number of unbranched alkanes of at least 4 members (excludes halogenated alkanes) is 2. The highest BCUT2D eigenvalue weighted by atomic mass is 35.5. The van der Waals surface area contributed by atoms with E-state index in [2.05, 4.69) is 10.6 Å². The van der Waals surface area contributed by atoms with Crippen LogP contribution in [0.1, 0.15) is 44.2 Å². The lowest BCUT2D eigenvalue weighted by Gasteiger charge is -2.31. The molecule has 12 heteroatoms. The van der Waals surface area contributed by atoms with E-state index in [4.69, 9.17) is 28.9 Å². The molecule has 42 heavy (non-hydrogen) atoms. The standard InChI is InChI=1S/C30H35Cl2N5O4S/c1-3-36(4-2)29(39)35-22-13-15-23(16-14-22)42(40,41)37-27-17-12-21(31)20-25(27)30(28(37)38,34-19-9-5-8-18-33)24-10-6-7-11-26(24)32/h6-7,10-17,20,34H,3-5,8-9,18-19,33H2,1-2H3,(H,35,39). The van der Waals surface area contributed by atoms with Crippen LogP contribution in [0, 0.1) is 0 Å². The Labute approximate surface area is 257 Å². The number of amides is 3. The number of anilines is 2. The number of hydrogen-bond donors (Lipinski definition) is 3. The molecule has 3 aromatic rings. The van der Waals surface area contributed by atoms with Crippen LogP contribution in [-0.2, 0) is 20.4 Å². The van der Waals surface area contributed by atoms with Gasteiger partial charge in [-0.1, -0.05) is 47.8 Å². The molecule has 0 aromatic heterocycles. The first kappa shape index (κ1) is 31.8. The number of nitrogens with two attached hydrogens (primary N) is 1. The Morgan fingerprint density at radius 3 is 2.29 bits per heavy atom. The summed E-state index contributed by atoms with van der Waals surface area (Å²) in [6.45, 7) is 5.75. The first-order valence-corrected chi connectivity index (χ1v) is 16.1. The lowest BCUT2D eigenvalue weighted by Crippen LogP contribution is -2.53. The summed E-state index contributed by atoms with van der Waals surface area (Å²) in [6, 6.07) is 17.0. The number of fused-ring (bicyclic) bond motifs is 1. The summed E-state index contributed by atoms with van der Waals surface area (Å²) in [5, 5.41) is 6.77. The molecule has 0 spiro atoms. The summed E-state index contributed by atoms with van der Waals surface area (Å²) >= 11 is 13.1. The van der Waals surface area contributed by atoms with Crippen molar-refractivity contribution in [1.82, 2.24) is 10.2 Å². The fourth-order valence-electron chi connectivity index (χ4n) is 5.14. The molecule has 0 fully saturated rings. The average Bonchev–Trinajstić information content (AvgIpc) is 3.22. The van der Waals surface area contributed by atoms with E-state index in [0.717, 1.165) is 17.1 Å². The summed E-state index contributed by atoms with van der Waals surface area (Å²) in [5.41, 5.74) is 5.46. The van der Waals surface area contributed by atoms with Crippen molar-refractivity contribution < 1.29 is 18.0 Å². The van der Waals surface area contributed by atoms with Crippen molar-refractivity contribution in [3.05, 3.63) is 87.9 Å². The van der Waals surface area contributed by atoms with E-state index in [1.807, 2.05) is 13.8 Å². The van der Waals surface area contributed by atoms with Crippen molar-refractivity contribution in [3.8, 4) is 0 Å². The molecular formula is C30H35Cl2N5O4S. The fourth-order valence-corrected chi connectivity index (χ4v) is 7.06. The van der Waals surface area contributed by atoms with Crippen LogP contribution < -0.4 is 20.7 Å². The molecule has 0 aliphatic carbocycles. The summed E-state index contributed by atoms with van der Waals surface area (Å²) in [6.07, 6.45) is 2.36. The quantitative estimate of drug-likeness (QED) is 0.225. The molecule has 1 heterocycles. The third-order valence-corrected chi connectivity index (χ3v) is 9.61. The maximum absolute atomic E-state index is 14.5. The van der Waals surface area contributed by atoms with Crippen molar-refractivity contribution in [3.63, 3.8) is 0 Å². The SMILES string of the molecule is CCN(CC)C(=O)Nc1ccc(S(=O)(=O)N2C(=O)C(NCCCCCN)(c3ccccc3Cl)c3cc(Cl)ccc32)cc1. The average molecular weight is 633 g/mol. The zero-order chi connectivity index (χ0) is 30.5. The Hall–Kier alpha value is -3.15. The van der Waals surface area contributed by atoms with Crippen LogP contribution in [0.15, 0.2) is 71.6 Å². The topological polar surface area (TPSA) is 125 Å². The van der Waals surface area contributed by atoms with E-state index in [9.17, 15) is 18.0 Å². The van der Waals surface area contributed by atoms with Gasteiger partial charge in [-0.3, -0.25) is 10.1 Å². The highest BCUT2D eigenvalue weighted by Gasteiger charge is 2.56. The first-order chi connectivity index (χ1) is 20.1. The highest BCUT2D eigenvalue weighted by Crippen LogP contribution is 2.49. The summed E-state index contributed by atoms with van der Waals surface area (Å²) in [5.74, 6) is -0.717. The highest BCUT2D eigenvalue weighted by molar-refractivity contribution is 7.93. The largest absolute Gasteiger partial charge is 0.330 e. The van der Waals surface area contributed by atoms with Gasteiger partial charge in [0.2, 0.25) is 0 Å². The van der Waals surface area contributed by atoms with Gasteiger partial charge in [-0.15, -0.1) is 0 Å². The van der Waals surface area contributed by atoms with Crippen LogP contribution in [0.25, 0.3) is 0 Å². The number of nitrogens with one attached hydrogen (secondary N) is 2. The number of halogens is 2. The molecule has 0 bridgehead atoms. The molecule has 1 unspecified atom stereocenters. The second-order valence-corrected chi connectivity index (χ2v) is 12.5. The van der Waals surface area contributed by atoms with E-state index in [-0.39, 0.29) is 16.6 Å². The Morgan fingerprint density at radius 2 is 1.64 bits per heavy atom. The molecule has 1 aliphatic heterocycles. The minimum Gasteiger partial charge on any atom is -0.330 e. The van der Waals surface area contributed by atoms with E-state index in [1.165, 1.54) is 30.3 Å². The zero-order valence-corrected chi connectivity index (χ0v) is 25.9. The number of urea groups is 1. The first-order valence-electron chi connectivity index (χ1n) is 13.9. The molecule has 1 aliphatic rings. The predicted octanol–water partition coefficient (Wildman–Crippen LogP) is 5.56. The Morgan fingerprint density at radius 1 is 0.952 bits per heavy atom. The number of benzene rings is 3.